The fraction of sp³-hybridized carbons (Fsp3) is 0.417. The largest absolute Gasteiger partial charge is 0.398 e. The number of amides is 1. The summed E-state index contributed by atoms with van der Waals surface area (Å²) < 4.78 is 0. The Morgan fingerprint density at radius 1 is 1.56 bits per heavy atom. The van der Waals surface area contributed by atoms with E-state index < -0.39 is 0 Å². The van der Waals surface area contributed by atoms with Crippen molar-refractivity contribution >= 4 is 11.6 Å². The normalized spacial score (nSPS) is 12.2. The number of hydrogen-bond donors (Lipinski definition) is 3. The number of aliphatic hydroxyl groups is 1. The highest BCUT2D eigenvalue weighted by Crippen LogP contribution is 2.13. The van der Waals surface area contributed by atoms with Crippen molar-refractivity contribution in [1.82, 2.24) is 5.32 Å². The Bertz CT molecular complexity index is 373. The highest BCUT2D eigenvalue weighted by molar-refractivity contribution is 5.99. The lowest BCUT2D eigenvalue weighted by Gasteiger charge is -2.15. The maximum Gasteiger partial charge on any atom is 0.253 e. The molecule has 4 N–H and O–H groups in total. The molecule has 0 saturated carbocycles. The molecule has 1 amide bonds. The van der Waals surface area contributed by atoms with Crippen molar-refractivity contribution < 1.29 is 9.90 Å². The third-order valence-corrected chi connectivity index (χ3v) is 2.50. The van der Waals surface area contributed by atoms with E-state index in [-0.39, 0.29) is 18.6 Å². The number of nitrogens with two attached hydrogens (primary N) is 1. The van der Waals surface area contributed by atoms with Crippen molar-refractivity contribution in [3.63, 3.8) is 0 Å². The first-order chi connectivity index (χ1) is 7.58. The van der Waals surface area contributed by atoms with Crippen molar-refractivity contribution in [3.05, 3.63) is 29.3 Å². The maximum atomic E-state index is 11.8. The number of anilines is 1. The maximum absolute atomic E-state index is 11.8. The molecule has 1 unspecified atom stereocenters. The molecule has 1 aromatic rings. The Balaban J connectivity index is 2.83. The lowest BCUT2D eigenvalue weighted by molar-refractivity contribution is 0.0916. The molecule has 0 aromatic heterocycles. The summed E-state index contributed by atoms with van der Waals surface area (Å²) >= 11 is 0. The molecule has 4 nitrogen and oxygen atoms in total. The summed E-state index contributed by atoms with van der Waals surface area (Å²) in [7, 11) is 0. The van der Waals surface area contributed by atoms with Crippen LogP contribution in [-0.2, 0) is 0 Å². The summed E-state index contributed by atoms with van der Waals surface area (Å²) in [5.74, 6) is -0.234. The van der Waals surface area contributed by atoms with Gasteiger partial charge in [0.2, 0.25) is 0 Å². The van der Waals surface area contributed by atoms with E-state index in [4.69, 9.17) is 10.8 Å². The van der Waals surface area contributed by atoms with E-state index >= 15 is 0 Å². The number of hydrogen-bond acceptors (Lipinski definition) is 3. The minimum atomic E-state index is -0.234. The Kier molecular flexibility index (Phi) is 4.31. The van der Waals surface area contributed by atoms with E-state index in [1.807, 2.05) is 19.9 Å². The predicted molar refractivity (Wildman–Crippen MR) is 64.2 cm³/mol. The number of rotatable bonds is 4. The summed E-state index contributed by atoms with van der Waals surface area (Å²) in [6.45, 7) is 3.74. The van der Waals surface area contributed by atoms with Gasteiger partial charge in [0.05, 0.1) is 18.2 Å². The van der Waals surface area contributed by atoms with Gasteiger partial charge < -0.3 is 16.2 Å². The molecule has 0 spiro atoms. The van der Waals surface area contributed by atoms with E-state index in [1.165, 1.54) is 0 Å². The van der Waals surface area contributed by atoms with Gasteiger partial charge in [0.1, 0.15) is 0 Å². The summed E-state index contributed by atoms with van der Waals surface area (Å²) in [6.07, 6.45) is 0.688. The lowest BCUT2D eigenvalue weighted by Crippen LogP contribution is -2.37. The number of carbonyl (C=O) groups is 1. The number of nitrogens with one attached hydrogen (secondary N) is 1. The summed E-state index contributed by atoms with van der Waals surface area (Å²) in [6, 6.07) is 5.10. The fourth-order valence-corrected chi connectivity index (χ4v) is 1.41. The molecule has 0 aliphatic heterocycles. The Morgan fingerprint density at radius 3 is 2.81 bits per heavy atom. The van der Waals surface area contributed by atoms with Crippen LogP contribution in [0.2, 0.25) is 0 Å². The number of nitrogen functional groups attached to an aromatic ring is 1. The topological polar surface area (TPSA) is 75.3 Å². The Labute approximate surface area is 95.5 Å². The highest BCUT2D eigenvalue weighted by atomic mass is 16.3. The minimum Gasteiger partial charge on any atom is -0.398 e. The first-order valence-corrected chi connectivity index (χ1v) is 5.36. The first kappa shape index (κ1) is 12.5. The monoisotopic (exact) mass is 222 g/mol. The molecule has 1 aromatic carbocycles. The molecule has 88 valence electrons. The SMILES string of the molecule is CCC(CO)NC(=O)c1cc(C)ccc1N. The molecular weight excluding hydrogens is 204 g/mol. The van der Waals surface area contributed by atoms with Gasteiger partial charge in [-0.3, -0.25) is 4.79 Å². The Morgan fingerprint density at radius 2 is 2.25 bits per heavy atom. The van der Waals surface area contributed by atoms with E-state index in [2.05, 4.69) is 5.32 Å². The second-order valence-electron chi connectivity index (χ2n) is 3.85. The average Bonchev–Trinajstić information content (AvgIpc) is 2.28. The van der Waals surface area contributed by atoms with Crippen LogP contribution in [-0.4, -0.2) is 23.7 Å². The van der Waals surface area contributed by atoms with Gasteiger partial charge in [0.15, 0.2) is 0 Å². The van der Waals surface area contributed by atoms with Gasteiger partial charge in [-0.25, -0.2) is 0 Å². The van der Waals surface area contributed by atoms with Crippen molar-refractivity contribution in [2.24, 2.45) is 0 Å². The molecule has 16 heavy (non-hydrogen) atoms. The van der Waals surface area contributed by atoms with Crippen molar-refractivity contribution in [1.29, 1.82) is 0 Å². The van der Waals surface area contributed by atoms with Gasteiger partial charge in [-0.15, -0.1) is 0 Å². The third-order valence-electron chi connectivity index (χ3n) is 2.50. The predicted octanol–water partition coefficient (Wildman–Crippen LogP) is 1.08. The second kappa shape index (κ2) is 5.51. The quantitative estimate of drug-likeness (QED) is 0.667. The highest BCUT2D eigenvalue weighted by Gasteiger charge is 2.13. The number of benzene rings is 1. The zero-order valence-electron chi connectivity index (χ0n) is 9.66. The molecule has 0 bridgehead atoms. The molecule has 0 saturated heterocycles. The van der Waals surface area contributed by atoms with E-state index in [9.17, 15) is 4.79 Å². The lowest BCUT2D eigenvalue weighted by atomic mass is 10.1. The third kappa shape index (κ3) is 2.97. The van der Waals surface area contributed by atoms with Crippen LogP contribution in [0.25, 0.3) is 0 Å². The molecule has 0 aliphatic rings. The Hall–Kier alpha value is -1.55. The van der Waals surface area contributed by atoms with Gasteiger partial charge in [-0.05, 0) is 25.5 Å². The summed E-state index contributed by atoms with van der Waals surface area (Å²) in [5.41, 5.74) is 7.63. The molecule has 1 atom stereocenters. The fourth-order valence-electron chi connectivity index (χ4n) is 1.41. The van der Waals surface area contributed by atoms with Crippen LogP contribution in [0, 0.1) is 6.92 Å². The molecule has 0 fully saturated rings. The number of aliphatic hydroxyl groups excluding tert-OH is 1. The first-order valence-electron chi connectivity index (χ1n) is 5.36. The van der Waals surface area contributed by atoms with Crippen LogP contribution in [0.15, 0.2) is 18.2 Å². The van der Waals surface area contributed by atoms with E-state index in [0.29, 0.717) is 17.7 Å². The summed E-state index contributed by atoms with van der Waals surface area (Å²) in [4.78, 5) is 11.8. The minimum absolute atomic E-state index is 0.0615. The van der Waals surface area contributed by atoms with Gasteiger partial charge in [0, 0.05) is 5.69 Å². The van der Waals surface area contributed by atoms with Crippen LogP contribution in [0.5, 0.6) is 0 Å². The van der Waals surface area contributed by atoms with Crippen LogP contribution in [0.1, 0.15) is 29.3 Å². The van der Waals surface area contributed by atoms with Gasteiger partial charge in [-0.1, -0.05) is 18.6 Å². The van der Waals surface area contributed by atoms with Gasteiger partial charge in [-0.2, -0.15) is 0 Å². The molecule has 0 heterocycles. The number of carbonyl (C=O) groups excluding carboxylic acids is 1. The zero-order chi connectivity index (χ0) is 12.1. The van der Waals surface area contributed by atoms with Crippen molar-refractivity contribution in [2.45, 2.75) is 26.3 Å². The van der Waals surface area contributed by atoms with Crippen LogP contribution in [0.4, 0.5) is 5.69 Å². The van der Waals surface area contributed by atoms with Crippen LogP contribution in [0.3, 0.4) is 0 Å². The van der Waals surface area contributed by atoms with Crippen molar-refractivity contribution in [3.8, 4) is 0 Å². The number of aryl methyl sites for hydroxylation is 1. The van der Waals surface area contributed by atoms with Crippen LogP contribution < -0.4 is 11.1 Å². The molecule has 1 rings (SSSR count). The molecule has 0 radical (unpaired) electrons. The average molecular weight is 222 g/mol. The van der Waals surface area contributed by atoms with Gasteiger partial charge >= 0.3 is 0 Å². The molecule has 0 aliphatic carbocycles. The van der Waals surface area contributed by atoms with E-state index in [0.717, 1.165) is 5.56 Å². The molecule has 4 heteroatoms. The van der Waals surface area contributed by atoms with Crippen LogP contribution >= 0.6 is 0 Å². The molecular formula is C12H18N2O2. The smallest absolute Gasteiger partial charge is 0.253 e. The van der Waals surface area contributed by atoms with Gasteiger partial charge in [0.25, 0.3) is 5.91 Å². The summed E-state index contributed by atoms with van der Waals surface area (Å²) in [5, 5.41) is 11.7. The van der Waals surface area contributed by atoms with E-state index in [1.54, 1.807) is 12.1 Å². The zero-order valence-corrected chi connectivity index (χ0v) is 9.66. The van der Waals surface area contributed by atoms with Crippen molar-refractivity contribution in [2.75, 3.05) is 12.3 Å². The second-order valence-corrected chi connectivity index (χ2v) is 3.85. The standard InChI is InChI=1S/C12H18N2O2/c1-3-9(7-15)14-12(16)10-6-8(2)4-5-11(10)13/h4-6,9,15H,3,7,13H2,1-2H3,(H,14,16).